The van der Waals surface area contributed by atoms with Crippen molar-refractivity contribution in [2.75, 3.05) is 0 Å². The molecular formula is C14H15IN4S. The van der Waals surface area contributed by atoms with Crippen LogP contribution in [0.3, 0.4) is 0 Å². The minimum atomic E-state index is 0.604. The standard InChI is InChI=1S/C14H15IN4S/c15-20-18-7-6-12-14(18)17-9-11-8-16-13(19(11)12)10-4-2-1-3-5-10/h6-10H,1-5H2. The molecule has 0 amide bonds. The number of hydrogen-bond acceptors (Lipinski definition) is 3. The molecule has 0 saturated heterocycles. The first-order chi connectivity index (χ1) is 9.88. The molecule has 0 aromatic carbocycles. The second-order valence-corrected chi connectivity index (χ2v) is 7.10. The summed E-state index contributed by atoms with van der Waals surface area (Å²) >= 11 is 2.29. The molecular weight excluding hydrogens is 383 g/mol. The van der Waals surface area contributed by atoms with Gasteiger partial charge >= 0.3 is 0 Å². The Morgan fingerprint density at radius 3 is 2.75 bits per heavy atom. The molecule has 3 aromatic rings. The van der Waals surface area contributed by atoms with Gasteiger partial charge in [0.25, 0.3) is 0 Å². The summed E-state index contributed by atoms with van der Waals surface area (Å²) < 4.78 is 4.40. The summed E-state index contributed by atoms with van der Waals surface area (Å²) in [6, 6.07) is 2.15. The van der Waals surface area contributed by atoms with Gasteiger partial charge in [-0.15, -0.1) is 0 Å². The summed E-state index contributed by atoms with van der Waals surface area (Å²) in [4.78, 5) is 9.28. The van der Waals surface area contributed by atoms with Crippen LogP contribution in [-0.2, 0) is 0 Å². The monoisotopic (exact) mass is 398 g/mol. The van der Waals surface area contributed by atoms with E-state index in [2.05, 4.69) is 46.8 Å². The molecule has 0 bridgehead atoms. The van der Waals surface area contributed by atoms with Crippen LogP contribution in [0.15, 0.2) is 24.7 Å². The smallest absolute Gasteiger partial charge is 0.167 e. The van der Waals surface area contributed by atoms with E-state index in [1.807, 2.05) is 12.4 Å². The van der Waals surface area contributed by atoms with E-state index >= 15 is 0 Å². The molecule has 3 heterocycles. The van der Waals surface area contributed by atoms with Crippen LogP contribution in [0.4, 0.5) is 0 Å². The minimum absolute atomic E-state index is 0.604. The molecule has 0 spiro atoms. The number of nitrogens with zero attached hydrogens (tertiary/aromatic N) is 4. The Balaban J connectivity index is 1.95. The summed E-state index contributed by atoms with van der Waals surface area (Å²) in [5.74, 6) is 1.83. The van der Waals surface area contributed by atoms with Crippen molar-refractivity contribution in [1.82, 2.24) is 18.3 Å². The lowest BCUT2D eigenvalue weighted by Crippen LogP contribution is -2.09. The van der Waals surface area contributed by atoms with Crippen LogP contribution in [0.25, 0.3) is 16.7 Å². The van der Waals surface area contributed by atoms with E-state index in [-0.39, 0.29) is 0 Å². The van der Waals surface area contributed by atoms with Crippen LogP contribution in [-0.4, -0.2) is 18.3 Å². The average molecular weight is 398 g/mol. The molecule has 4 rings (SSSR count). The fourth-order valence-electron chi connectivity index (χ4n) is 3.26. The third-order valence-corrected chi connectivity index (χ3v) is 5.94. The van der Waals surface area contributed by atoms with E-state index in [9.17, 15) is 0 Å². The van der Waals surface area contributed by atoms with Crippen LogP contribution in [0.2, 0.25) is 0 Å². The Morgan fingerprint density at radius 1 is 1.15 bits per heavy atom. The molecule has 1 saturated carbocycles. The van der Waals surface area contributed by atoms with E-state index in [1.54, 1.807) is 9.12 Å². The lowest BCUT2D eigenvalue weighted by atomic mass is 9.89. The van der Waals surface area contributed by atoms with Crippen molar-refractivity contribution in [3.63, 3.8) is 0 Å². The predicted molar refractivity (Wildman–Crippen MR) is 91.3 cm³/mol. The van der Waals surface area contributed by atoms with Crippen LogP contribution in [0, 0.1) is 0 Å². The van der Waals surface area contributed by atoms with Gasteiger partial charge in [0.05, 0.1) is 23.4 Å². The van der Waals surface area contributed by atoms with Crippen LogP contribution < -0.4 is 0 Å². The molecule has 0 radical (unpaired) electrons. The number of imidazole rings is 1. The molecule has 1 aliphatic carbocycles. The SMILES string of the molecule is ISn1ccc2c1ncc1cnc(C3CCCCC3)n12. The zero-order valence-electron chi connectivity index (χ0n) is 11.0. The van der Waals surface area contributed by atoms with Gasteiger partial charge in [-0.1, -0.05) is 19.3 Å². The third-order valence-electron chi connectivity index (χ3n) is 4.23. The first kappa shape index (κ1) is 12.9. The summed E-state index contributed by atoms with van der Waals surface area (Å²) in [7, 11) is 1.65. The van der Waals surface area contributed by atoms with E-state index in [1.165, 1.54) is 43.4 Å². The summed E-state index contributed by atoms with van der Waals surface area (Å²) in [6.07, 6.45) is 12.6. The Kier molecular flexibility index (Phi) is 3.37. The Labute approximate surface area is 133 Å². The molecule has 0 aliphatic heterocycles. The van der Waals surface area contributed by atoms with Gasteiger partial charge in [-0.25, -0.2) is 9.97 Å². The number of aromatic nitrogens is 4. The van der Waals surface area contributed by atoms with E-state index in [0.717, 1.165) is 11.2 Å². The molecule has 1 aliphatic rings. The summed E-state index contributed by atoms with van der Waals surface area (Å²) in [5, 5.41) is 0. The largest absolute Gasteiger partial charge is 0.291 e. The Morgan fingerprint density at radius 2 is 1.95 bits per heavy atom. The van der Waals surface area contributed by atoms with E-state index in [0.29, 0.717) is 5.92 Å². The quantitative estimate of drug-likeness (QED) is 0.593. The molecule has 0 unspecified atom stereocenters. The zero-order chi connectivity index (χ0) is 13.5. The van der Waals surface area contributed by atoms with Gasteiger partial charge in [0.15, 0.2) is 5.65 Å². The van der Waals surface area contributed by atoms with Crippen LogP contribution in [0.1, 0.15) is 43.8 Å². The zero-order valence-corrected chi connectivity index (χ0v) is 14.0. The van der Waals surface area contributed by atoms with Gasteiger partial charge in [0.1, 0.15) is 5.82 Å². The molecule has 20 heavy (non-hydrogen) atoms. The number of rotatable bonds is 2. The van der Waals surface area contributed by atoms with Gasteiger partial charge in [-0.2, -0.15) is 0 Å². The summed E-state index contributed by atoms with van der Waals surface area (Å²) in [5.41, 5.74) is 3.30. The second kappa shape index (κ2) is 5.22. The molecule has 104 valence electrons. The van der Waals surface area contributed by atoms with Crippen LogP contribution >= 0.6 is 30.3 Å². The number of hydrogen-bond donors (Lipinski definition) is 0. The Bertz CT molecular complexity index is 757. The van der Waals surface area contributed by atoms with Crippen molar-refractivity contribution >= 4 is 47.0 Å². The molecule has 3 aromatic heterocycles. The van der Waals surface area contributed by atoms with E-state index < -0.39 is 0 Å². The fourth-order valence-corrected chi connectivity index (χ4v) is 4.53. The van der Waals surface area contributed by atoms with Gasteiger partial charge < -0.3 is 0 Å². The lowest BCUT2D eigenvalue weighted by Gasteiger charge is -2.20. The highest BCUT2D eigenvalue weighted by Gasteiger charge is 2.21. The Hall–Kier alpha value is -0.760. The predicted octanol–water partition coefficient (Wildman–Crippen LogP) is 4.58. The topological polar surface area (TPSA) is 35.1 Å². The molecule has 4 nitrogen and oxygen atoms in total. The van der Waals surface area contributed by atoms with Gasteiger partial charge in [0.2, 0.25) is 0 Å². The first-order valence-electron chi connectivity index (χ1n) is 7.01. The third kappa shape index (κ3) is 1.95. The first-order valence-corrected chi connectivity index (χ1v) is 10.3. The van der Waals surface area contributed by atoms with Crippen molar-refractivity contribution in [3.05, 3.63) is 30.5 Å². The average Bonchev–Trinajstić information content (AvgIpc) is 3.11. The van der Waals surface area contributed by atoms with Crippen molar-refractivity contribution in [3.8, 4) is 0 Å². The number of halogens is 1. The van der Waals surface area contributed by atoms with Crippen molar-refractivity contribution in [2.24, 2.45) is 0 Å². The minimum Gasteiger partial charge on any atom is -0.291 e. The van der Waals surface area contributed by atoms with Crippen molar-refractivity contribution in [1.29, 1.82) is 0 Å². The maximum absolute atomic E-state index is 4.71. The van der Waals surface area contributed by atoms with E-state index in [4.69, 9.17) is 4.98 Å². The highest BCUT2D eigenvalue weighted by molar-refractivity contribution is 14.2. The normalized spacial score (nSPS) is 17.2. The number of fused-ring (bicyclic) bond motifs is 3. The van der Waals surface area contributed by atoms with Crippen molar-refractivity contribution < 1.29 is 0 Å². The van der Waals surface area contributed by atoms with Gasteiger partial charge in [0, 0.05) is 42.4 Å². The second-order valence-electron chi connectivity index (χ2n) is 5.39. The molecule has 0 atom stereocenters. The summed E-state index contributed by atoms with van der Waals surface area (Å²) in [6.45, 7) is 0. The molecule has 1 fully saturated rings. The maximum atomic E-state index is 4.71. The maximum Gasteiger partial charge on any atom is 0.167 e. The van der Waals surface area contributed by atoms with Crippen molar-refractivity contribution in [2.45, 2.75) is 38.0 Å². The molecule has 6 heteroatoms. The fraction of sp³-hybridized carbons (Fsp3) is 0.429. The van der Waals surface area contributed by atoms with Crippen LogP contribution in [0.5, 0.6) is 0 Å². The lowest BCUT2D eigenvalue weighted by molar-refractivity contribution is 0.428. The van der Waals surface area contributed by atoms with Gasteiger partial charge in [-0.05, 0) is 18.9 Å². The highest BCUT2D eigenvalue weighted by atomic mass is 127. The highest BCUT2D eigenvalue weighted by Crippen LogP contribution is 2.34. The van der Waals surface area contributed by atoms with Gasteiger partial charge in [-0.3, -0.25) is 8.37 Å². The molecule has 0 N–H and O–H groups in total.